The van der Waals surface area contributed by atoms with Gasteiger partial charge in [0.15, 0.2) is 12.1 Å². The Morgan fingerprint density at radius 1 is 0.524 bits per heavy atom. The summed E-state index contributed by atoms with van der Waals surface area (Å²) in [6, 6.07) is 66.7. The Kier molecular flexibility index (Phi) is 20.7. The van der Waals surface area contributed by atoms with Crippen LogP contribution in [0, 0.1) is 0 Å². The van der Waals surface area contributed by atoms with Crippen molar-refractivity contribution in [3.05, 3.63) is 251 Å². The van der Waals surface area contributed by atoms with Crippen LogP contribution in [0.5, 0.6) is 5.75 Å². The van der Waals surface area contributed by atoms with E-state index in [2.05, 4.69) is 71.0 Å². The van der Waals surface area contributed by atoms with Crippen molar-refractivity contribution in [2.45, 2.75) is 138 Å². The molecule has 3 aliphatic rings. The van der Waals surface area contributed by atoms with Crippen molar-refractivity contribution >= 4 is 11.8 Å². The summed E-state index contributed by atoms with van der Waals surface area (Å²) in [5, 5.41) is 9.25. The van der Waals surface area contributed by atoms with Crippen LogP contribution in [0.4, 0.5) is 0 Å². The highest BCUT2D eigenvalue weighted by Crippen LogP contribution is 2.42. The van der Waals surface area contributed by atoms with E-state index in [1.165, 1.54) is 0 Å². The summed E-state index contributed by atoms with van der Waals surface area (Å²) in [4.78, 5) is 1.02. The van der Waals surface area contributed by atoms with Gasteiger partial charge in [-0.25, -0.2) is 4.68 Å². The summed E-state index contributed by atoms with van der Waals surface area (Å²) in [6.45, 7) is 6.82. The first-order valence-corrected chi connectivity index (χ1v) is 29.5. The standard InChI is InChI=1S/C68H73N3O12S/c1-68(2)82-64-63(78-43-51-27-15-7-16-28-51)61(81-66(64)83-68)58(75-40-52-33-35-56(72-3)36-34-52)46-74-44-54-30-20-19-29-53(54)37-71-38-55(69-70-71)45-79-65-62(77-42-50-25-13-6-14-26-50)60(76-41-49-23-11-5-12-24-49)59(47-73-39-48-21-9-4-10-22-48)80-67(65)84-57-31-17-8-18-32-57/h4-36,38,58-67H,37,39-47H2,1-3H3/t58-,59-,60-,61-,62+,63+,64-,65-,66-,67+/m1/s1. The molecule has 3 saturated heterocycles. The third-order valence-electron chi connectivity index (χ3n) is 14.9. The fourth-order valence-corrected chi connectivity index (χ4v) is 11.8. The second-order valence-corrected chi connectivity index (χ2v) is 22.7. The molecule has 8 aromatic rings. The van der Waals surface area contributed by atoms with Crippen LogP contribution in [0.2, 0.25) is 0 Å². The zero-order valence-electron chi connectivity index (χ0n) is 47.6. The van der Waals surface area contributed by atoms with Gasteiger partial charge in [0, 0.05) is 4.90 Å². The van der Waals surface area contributed by atoms with E-state index in [1.807, 2.05) is 164 Å². The number of aromatic nitrogens is 3. The number of hydrogen-bond acceptors (Lipinski definition) is 15. The topological polar surface area (TPSA) is 141 Å². The predicted molar refractivity (Wildman–Crippen MR) is 316 cm³/mol. The van der Waals surface area contributed by atoms with Crippen LogP contribution in [-0.2, 0) is 105 Å². The Labute approximate surface area is 496 Å². The van der Waals surface area contributed by atoms with Gasteiger partial charge in [-0.05, 0) is 77.1 Å². The molecule has 0 bridgehead atoms. The van der Waals surface area contributed by atoms with Crippen LogP contribution >= 0.6 is 11.8 Å². The lowest BCUT2D eigenvalue weighted by Crippen LogP contribution is -2.60. The first-order valence-electron chi connectivity index (χ1n) is 28.7. The molecular weight excluding hydrogens is 1080 g/mol. The van der Waals surface area contributed by atoms with Crippen molar-refractivity contribution in [1.82, 2.24) is 15.0 Å². The maximum Gasteiger partial charge on any atom is 0.190 e. The molecule has 3 fully saturated rings. The van der Waals surface area contributed by atoms with E-state index < -0.39 is 66.3 Å². The van der Waals surface area contributed by atoms with Crippen LogP contribution in [0.15, 0.2) is 211 Å². The van der Waals surface area contributed by atoms with Crippen LogP contribution in [0.1, 0.15) is 58.5 Å². The van der Waals surface area contributed by atoms with E-state index in [4.69, 9.17) is 56.8 Å². The summed E-state index contributed by atoms with van der Waals surface area (Å²) in [5.41, 5.74) is 7.24. The first kappa shape index (κ1) is 59.1. The molecule has 0 radical (unpaired) electrons. The van der Waals surface area contributed by atoms with Crippen molar-refractivity contribution in [3.63, 3.8) is 0 Å². The van der Waals surface area contributed by atoms with Gasteiger partial charge in [-0.2, -0.15) is 0 Å². The van der Waals surface area contributed by atoms with E-state index in [9.17, 15) is 0 Å². The fraction of sp³-hybridized carbons (Fsp3) is 0.353. The highest BCUT2D eigenvalue weighted by atomic mass is 32.2. The number of hydrogen-bond donors (Lipinski definition) is 0. The van der Waals surface area contributed by atoms with Gasteiger partial charge in [-0.15, -0.1) is 5.10 Å². The van der Waals surface area contributed by atoms with E-state index in [-0.39, 0.29) is 26.4 Å². The summed E-state index contributed by atoms with van der Waals surface area (Å²) >= 11 is 1.59. The second kappa shape index (κ2) is 29.5. The maximum absolute atomic E-state index is 7.10. The molecule has 0 unspecified atom stereocenters. The third kappa shape index (κ3) is 16.2. The van der Waals surface area contributed by atoms with E-state index in [1.54, 1.807) is 18.9 Å². The second-order valence-electron chi connectivity index (χ2n) is 21.5. The lowest BCUT2D eigenvalue weighted by atomic mass is 9.99. The van der Waals surface area contributed by atoms with Crippen LogP contribution in [0.25, 0.3) is 0 Å². The van der Waals surface area contributed by atoms with Crippen molar-refractivity contribution < 1.29 is 56.8 Å². The lowest BCUT2D eigenvalue weighted by Gasteiger charge is -2.46. The normalized spacial score (nSPS) is 23.1. The number of thioether (sulfide) groups is 1. The number of methoxy groups -OCH3 is 1. The monoisotopic (exact) mass is 1160 g/mol. The average Bonchev–Trinajstić information content (AvgIpc) is 3.25. The minimum atomic E-state index is -0.840. The molecule has 0 saturated carbocycles. The molecule has 0 N–H and O–H groups in total. The summed E-state index contributed by atoms with van der Waals surface area (Å²) in [7, 11) is 1.65. The quantitative estimate of drug-likeness (QED) is 0.0439. The van der Waals surface area contributed by atoms with Gasteiger partial charge in [0.2, 0.25) is 0 Å². The molecule has 3 aliphatic heterocycles. The number of ether oxygens (including phenoxy) is 12. The maximum atomic E-state index is 7.10. The molecule has 11 rings (SSSR count). The average molecular weight is 1160 g/mol. The van der Waals surface area contributed by atoms with E-state index in [0.717, 1.165) is 49.6 Å². The van der Waals surface area contributed by atoms with Gasteiger partial charge in [0.25, 0.3) is 0 Å². The zero-order chi connectivity index (χ0) is 57.3. The highest BCUT2D eigenvalue weighted by Gasteiger charge is 2.57. The Morgan fingerprint density at radius 2 is 1.07 bits per heavy atom. The van der Waals surface area contributed by atoms with Gasteiger partial charge in [0.1, 0.15) is 65.7 Å². The molecule has 0 spiro atoms. The molecule has 10 atom stereocenters. The van der Waals surface area contributed by atoms with E-state index >= 15 is 0 Å². The number of nitrogens with zero attached hydrogens (tertiary/aromatic N) is 3. The Hall–Kier alpha value is -6.61. The molecule has 438 valence electrons. The molecule has 4 heterocycles. The summed E-state index contributed by atoms with van der Waals surface area (Å²) < 4.78 is 81.1. The molecular formula is C68H73N3O12S. The number of rotatable bonds is 29. The third-order valence-corrected chi connectivity index (χ3v) is 16.0. The predicted octanol–water partition coefficient (Wildman–Crippen LogP) is 11.7. The van der Waals surface area contributed by atoms with Gasteiger partial charge < -0.3 is 56.8 Å². The number of fused-ring (bicyclic) bond motifs is 1. The van der Waals surface area contributed by atoms with Crippen LogP contribution < -0.4 is 4.74 Å². The van der Waals surface area contributed by atoms with Crippen molar-refractivity contribution in [2.24, 2.45) is 0 Å². The summed E-state index contributed by atoms with van der Waals surface area (Å²) in [6.07, 6.45) is -3.15. The molecule has 0 aliphatic carbocycles. The van der Waals surface area contributed by atoms with Gasteiger partial charge in [-0.3, -0.25) is 0 Å². The Bertz CT molecular complexity index is 3200. The molecule has 1 aromatic heterocycles. The zero-order valence-corrected chi connectivity index (χ0v) is 48.4. The van der Waals surface area contributed by atoms with Crippen molar-refractivity contribution in [1.29, 1.82) is 0 Å². The molecule has 0 amide bonds. The minimum absolute atomic E-state index is 0.128. The Balaban J connectivity index is 0.798. The molecule has 84 heavy (non-hydrogen) atoms. The molecule has 15 nitrogen and oxygen atoms in total. The minimum Gasteiger partial charge on any atom is -0.497 e. The van der Waals surface area contributed by atoms with E-state index in [0.29, 0.717) is 45.3 Å². The fourth-order valence-electron chi connectivity index (χ4n) is 10.6. The molecule has 7 aromatic carbocycles. The Morgan fingerprint density at radius 3 is 1.70 bits per heavy atom. The summed E-state index contributed by atoms with van der Waals surface area (Å²) in [5.74, 6) is -0.0765. The van der Waals surface area contributed by atoms with Crippen molar-refractivity contribution in [2.75, 3.05) is 20.3 Å². The number of benzene rings is 7. The largest absolute Gasteiger partial charge is 0.497 e. The SMILES string of the molecule is COc1ccc(CO[C@H](COCc2ccccc2Cn2cc(CO[C@@H]3[C@@H](OCc4ccccc4)[C@H](OCc4ccccc4)[C@@H](COCc4ccccc4)O[C@H]3Sc3ccccc3)nn2)[C@H]2O[C@@H]3OC(C)(C)O[C@@H]3[C@H]2OCc2ccccc2)cc1. The van der Waals surface area contributed by atoms with Crippen LogP contribution in [0.3, 0.4) is 0 Å². The smallest absolute Gasteiger partial charge is 0.190 e. The molecule has 16 heteroatoms. The van der Waals surface area contributed by atoms with Gasteiger partial charge >= 0.3 is 0 Å². The highest BCUT2D eigenvalue weighted by molar-refractivity contribution is 7.99. The van der Waals surface area contributed by atoms with Crippen LogP contribution in [-0.4, -0.2) is 102 Å². The van der Waals surface area contributed by atoms with Crippen molar-refractivity contribution in [3.8, 4) is 5.75 Å². The first-order chi connectivity index (χ1) is 41.3. The lowest BCUT2D eigenvalue weighted by molar-refractivity contribution is -0.254. The van der Waals surface area contributed by atoms with Gasteiger partial charge in [0.05, 0.1) is 79.3 Å². The van der Waals surface area contributed by atoms with Gasteiger partial charge in [-0.1, -0.05) is 193 Å².